The number of rotatable bonds is 8. The zero-order valence-electron chi connectivity index (χ0n) is 17.0. The van der Waals surface area contributed by atoms with Crippen LogP contribution in [0.1, 0.15) is 24.2 Å². The third-order valence-electron chi connectivity index (χ3n) is 4.51. The van der Waals surface area contributed by atoms with Crippen LogP contribution in [-0.2, 0) is 6.54 Å². The molecule has 6 nitrogen and oxygen atoms in total. The van der Waals surface area contributed by atoms with Gasteiger partial charge in [0.15, 0.2) is 11.5 Å². The van der Waals surface area contributed by atoms with Gasteiger partial charge >= 0.3 is 0 Å². The second-order valence-corrected chi connectivity index (χ2v) is 7.19. The Bertz CT molecular complexity index is 1060. The number of carbonyl (C=O) groups is 1. The maximum Gasteiger partial charge on any atom is 0.258 e. The molecule has 0 radical (unpaired) electrons. The number of carbonyl (C=O) groups excluding carboxylic acids is 1. The summed E-state index contributed by atoms with van der Waals surface area (Å²) >= 11 is 0. The molecule has 0 saturated heterocycles. The molecule has 0 bridgehead atoms. The number of nitrogens with zero attached hydrogens (tertiary/aromatic N) is 1. The molecular weight excluding hydrogens is 368 g/mol. The summed E-state index contributed by atoms with van der Waals surface area (Å²) < 4.78 is 12.6. The lowest BCUT2D eigenvalue weighted by Crippen LogP contribution is -2.31. The Balaban J connectivity index is 1.75. The summed E-state index contributed by atoms with van der Waals surface area (Å²) in [4.78, 5) is 25.6. The van der Waals surface area contributed by atoms with Gasteiger partial charge in [-0.25, -0.2) is 0 Å². The SMILES string of the molecule is COc1ccccc1OCCNC(=O)c1cn(CC(C)C)c(=O)c2ccccc12. The van der Waals surface area contributed by atoms with Gasteiger partial charge in [0.1, 0.15) is 6.61 Å². The van der Waals surface area contributed by atoms with Gasteiger partial charge < -0.3 is 19.4 Å². The quantitative estimate of drug-likeness (QED) is 0.594. The third kappa shape index (κ3) is 4.77. The molecule has 1 aromatic heterocycles. The first-order valence-electron chi connectivity index (χ1n) is 9.67. The van der Waals surface area contributed by atoms with Gasteiger partial charge in [-0.3, -0.25) is 9.59 Å². The topological polar surface area (TPSA) is 69.6 Å². The number of hydrogen-bond acceptors (Lipinski definition) is 4. The van der Waals surface area contributed by atoms with E-state index >= 15 is 0 Å². The van der Waals surface area contributed by atoms with Crippen molar-refractivity contribution in [1.29, 1.82) is 0 Å². The Morgan fingerprint density at radius 3 is 2.38 bits per heavy atom. The predicted octanol–water partition coefficient (Wildman–Crippen LogP) is 3.47. The van der Waals surface area contributed by atoms with Crippen LogP contribution in [0.5, 0.6) is 11.5 Å². The zero-order valence-corrected chi connectivity index (χ0v) is 17.0. The number of amides is 1. The van der Waals surface area contributed by atoms with Crippen molar-refractivity contribution in [2.45, 2.75) is 20.4 Å². The van der Waals surface area contributed by atoms with Crippen molar-refractivity contribution in [3.8, 4) is 11.5 Å². The highest BCUT2D eigenvalue weighted by atomic mass is 16.5. The molecule has 0 spiro atoms. The first kappa shape index (κ1) is 20.5. The molecule has 0 saturated carbocycles. The second kappa shape index (κ2) is 9.28. The van der Waals surface area contributed by atoms with Gasteiger partial charge in [-0.1, -0.05) is 44.2 Å². The number of para-hydroxylation sites is 2. The molecule has 0 aliphatic heterocycles. The number of fused-ring (bicyclic) bond motifs is 1. The number of hydrogen-bond donors (Lipinski definition) is 1. The molecule has 29 heavy (non-hydrogen) atoms. The monoisotopic (exact) mass is 394 g/mol. The fourth-order valence-electron chi connectivity index (χ4n) is 3.21. The lowest BCUT2D eigenvalue weighted by atomic mass is 10.1. The predicted molar refractivity (Wildman–Crippen MR) is 114 cm³/mol. The molecule has 3 rings (SSSR count). The molecule has 3 aromatic rings. The van der Waals surface area contributed by atoms with Gasteiger partial charge in [-0.15, -0.1) is 0 Å². The summed E-state index contributed by atoms with van der Waals surface area (Å²) in [5, 5.41) is 4.08. The number of pyridine rings is 1. The van der Waals surface area contributed by atoms with Crippen molar-refractivity contribution in [2.24, 2.45) is 5.92 Å². The van der Waals surface area contributed by atoms with E-state index in [2.05, 4.69) is 5.32 Å². The summed E-state index contributed by atoms with van der Waals surface area (Å²) in [5.74, 6) is 1.33. The molecule has 0 unspecified atom stereocenters. The number of aromatic nitrogens is 1. The maximum atomic E-state index is 12.8. The van der Waals surface area contributed by atoms with Gasteiger partial charge in [0.2, 0.25) is 0 Å². The van der Waals surface area contributed by atoms with Crippen molar-refractivity contribution in [1.82, 2.24) is 9.88 Å². The van der Waals surface area contributed by atoms with Crippen LogP contribution in [0, 0.1) is 5.92 Å². The van der Waals surface area contributed by atoms with E-state index < -0.39 is 0 Å². The van der Waals surface area contributed by atoms with E-state index in [-0.39, 0.29) is 11.5 Å². The largest absolute Gasteiger partial charge is 0.493 e. The number of methoxy groups -OCH3 is 1. The lowest BCUT2D eigenvalue weighted by molar-refractivity contribution is 0.0947. The first-order chi connectivity index (χ1) is 14.0. The van der Waals surface area contributed by atoms with E-state index in [0.717, 1.165) is 0 Å². The molecule has 0 aliphatic rings. The van der Waals surface area contributed by atoms with Gasteiger partial charge in [0.25, 0.3) is 11.5 Å². The molecule has 1 amide bonds. The third-order valence-corrected chi connectivity index (χ3v) is 4.51. The molecule has 6 heteroatoms. The molecular formula is C23H26N2O4. The van der Waals surface area contributed by atoms with Gasteiger partial charge in [-0.05, 0) is 24.1 Å². The minimum absolute atomic E-state index is 0.0784. The van der Waals surface area contributed by atoms with Crippen LogP contribution in [0.4, 0.5) is 0 Å². The van der Waals surface area contributed by atoms with E-state index in [4.69, 9.17) is 9.47 Å². The standard InChI is InChI=1S/C23H26N2O4/c1-16(2)14-25-15-19(17-8-4-5-9-18(17)23(25)27)22(26)24-12-13-29-21-11-7-6-10-20(21)28-3/h4-11,15-16H,12-14H2,1-3H3,(H,24,26). The number of ether oxygens (including phenoxy) is 2. The number of nitrogens with one attached hydrogen (secondary N) is 1. The summed E-state index contributed by atoms with van der Waals surface area (Å²) in [6.07, 6.45) is 1.65. The molecule has 0 fully saturated rings. The van der Waals surface area contributed by atoms with Crippen LogP contribution in [0.25, 0.3) is 10.8 Å². The van der Waals surface area contributed by atoms with Crippen LogP contribution in [0.3, 0.4) is 0 Å². The summed E-state index contributed by atoms with van der Waals surface area (Å²) in [6, 6.07) is 14.6. The smallest absolute Gasteiger partial charge is 0.258 e. The summed E-state index contributed by atoms with van der Waals surface area (Å²) in [6.45, 7) is 5.26. The normalized spacial score (nSPS) is 10.9. The van der Waals surface area contributed by atoms with Crippen molar-refractivity contribution >= 4 is 16.7 Å². The second-order valence-electron chi connectivity index (χ2n) is 7.19. The fourth-order valence-corrected chi connectivity index (χ4v) is 3.21. The molecule has 1 N–H and O–H groups in total. The van der Waals surface area contributed by atoms with Crippen molar-refractivity contribution in [2.75, 3.05) is 20.3 Å². The number of benzene rings is 2. The van der Waals surface area contributed by atoms with E-state index in [1.54, 1.807) is 30.0 Å². The van der Waals surface area contributed by atoms with Gasteiger partial charge in [0, 0.05) is 23.5 Å². The molecule has 0 atom stereocenters. The average molecular weight is 394 g/mol. The van der Waals surface area contributed by atoms with Crippen molar-refractivity contribution < 1.29 is 14.3 Å². The molecule has 0 aliphatic carbocycles. The minimum atomic E-state index is -0.234. The van der Waals surface area contributed by atoms with Crippen LogP contribution in [0.15, 0.2) is 59.5 Å². The van der Waals surface area contributed by atoms with E-state index in [1.807, 2.05) is 50.2 Å². The Labute approximate surface area is 170 Å². The highest BCUT2D eigenvalue weighted by Gasteiger charge is 2.15. The zero-order chi connectivity index (χ0) is 20.8. The van der Waals surface area contributed by atoms with E-state index in [0.29, 0.717) is 53.4 Å². The highest BCUT2D eigenvalue weighted by molar-refractivity contribution is 6.06. The molecule has 152 valence electrons. The average Bonchev–Trinajstić information content (AvgIpc) is 2.73. The van der Waals surface area contributed by atoms with E-state index in [9.17, 15) is 9.59 Å². The summed E-state index contributed by atoms with van der Waals surface area (Å²) in [5.41, 5.74) is 0.406. The molecule has 2 aromatic carbocycles. The van der Waals surface area contributed by atoms with Crippen LogP contribution >= 0.6 is 0 Å². The maximum absolute atomic E-state index is 12.8. The fraction of sp³-hybridized carbons (Fsp3) is 0.304. The van der Waals surface area contributed by atoms with Crippen LogP contribution < -0.4 is 20.3 Å². The minimum Gasteiger partial charge on any atom is -0.493 e. The van der Waals surface area contributed by atoms with Gasteiger partial charge in [-0.2, -0.15) is 0 Å². The highest BCUT2D eigenvalue weighted by Crippen LogP contribution is 2.25. The first-order valence-corrected chi connectivity index (χ1v) is 9.67. The van der Waals surface area contributed by atoms with Gasteiger partial charge in [0.05, 0.1) is 19.2 Å². The Hall–Kier alpha value is -3.28. The Morgan fingerprint density at radius 1 is 1.03 bits per heavy atom. The van der Waals surface area contributed by atoms with Crippen molar-refractivity contribution in [3.05, 3.63) is 70.6 Å². The van der Waals surface area contributed by atoms with E-state index in [1.165, 1.54) is 0 Å². The van der Waals surface area contributed by atoms with Crippen molar-refractivity contribution in [3.63, 3.8) is 0 Å². The Morgan fingerprint density at radius 2 is 1.69 bits per heavy atom. The lowest BCUT2D eigenvalue weighted by Gasteiger charge is -2.14. The Kier molecular flexibility index (Phi) is 6.54. The van der Waals surface area contributed by atoms with Crippen LogP contribution in [0.2, 0.25) is 0 Å². The van der Waals surface area contributed by atoms with Crippen LogP contribution in [-0.4, -0.2) is 30.7 Å². The summed E-state index contributed by atoms with van der Waals surface area (Å²) in [7, 11) is 1.58. The molecule has 1 heterocycles.